The zero-order chi connectivity index (χ0) is 15.8. The summed E-state index contributed by atoms with van der Waals surface area (Å²) < 4.78 is 0. The SMILES string of the molecule is C#Cc1ccc(CN(CCO)Cc2ccc(C#C)cc2)cc1. The summed E-state index contributed by atoms with van der Waals surface area (Å²) >= 11 is 0. The van der Waals surface area contributed by atoms with Crippen molar-refractivity contribution >= 4 is 0 Å². The smallest absolute Gasteiger partial charge is 0.0558 e. The van der Waals surface area contributed by atoms with Crippen LogP contribution in [0, 0.1) is 24.7 Å². The topological polar surface area (TPSA) is 23.5 Å². The molecule has 22 heavy (non-hydrogen) atoms. The van der Waals surface area contributed by atoms with Crippen LogP contribution < -0.4 is 0 Å². The van der Waals surface area contributed by atoms with E-state index in [0.717, 1.165) is 24.2 Å². The quantitative estimate of drug-likeness (QED) is 0.826. The summed E-state index contributed by atoms with van der Waals surface area (Å²) in [6, 6.07) is 15.9. The fraction of sp³-hybridized carbons (Fsp3) is 0.200. The van der Waals surface area contributed by atoms with Crippen LogP contribution in [0.1, 0.15) is 22.3 Å². The van der Waals surface area contributed by atoms with Gasteiger partial charge in [0.1, 0.15) is 0 Å². The van der Waals surface area contributed by atoms with Crippen LogP contribution in [0.3, 0.4) is 0 Å². The number of aliphatic hydroxyl groups excluding tert-OH is 1. The standard InChI is InChI=1S/C20H19NO/c1-3-17-5-9-19(10-6-17)15-21(13-14-22)16-20-11-7-18(4-2)8-12-20/h1-2,5-12,22H,13-16H2. The van der Waals surface area contributed by atoms with Gasteiger partial charge in [0, 0.05) is 30.8 Å². The van der Waals surface area contributed by atoms with E-state index < -0.39 is 0 Å². The molecule has 2 nitrogen and oxygen atoms in total. The Morgan fingerprint density at radius 2 is 1.18 bits per heavy atom. The van der Waals surface area contributed by atoms with Gasteiger partial charge in [0.2, 0.25) is 0 Å². The fourth-order valence-corrected chi connectivity index (χ4v) is 2.28. The van der Waals surface area contributed by atoms with E-state index >= 15 is 0 Å². The molecule has 0 saturated heterocycles. The van der Waals surface area contributed by atoms with E-state index in [-0.39, 0.29) is 6.61 Å². The lowest BCUT2D eigenvalue weighted by atomic mass is 10.1. The van der Waals surface area contributed by atoms with Gasteiger partial charge in [0.05, 0.1) is 6.61 Å². The van der Waals surface area contributed by atoms with E-state index in [9.17, 15) is 5.11 Å². The summed E-state index contributed by atoms with van der Waals surface area (Å²) in [5.74, 6) is 5.23. The molecular weight excluding hydrogens is 270 g/mol. The van der Waals surface area contributed by atoms with Gasteiger partial charge in [-0.3, -0.25) is 4.90 Å². The molecule has 2 rings (SSSR count). The largest absolute Gasteiger partial charge is 0.395 e. The van der Waals surface area contributed by atoms with Gasteiger partial charge in [-0.1, -0.05) is 36.1 Å². The maximum Gasteiger partial charge on any atom is 0.0558 e. The minimum atomic E-state index is 0.130. The summed E-state index contributed by atoms with van der Waals surface area (Å²) in [4.78, 5) is 2.19. The minimum Gasteiger partial charge on any atom is -0.395 e. The van der Waals surface area contributed by atoms with E-state index in [1.165, 1.54) is 11.1 Å². The molecule has 0 bridgehead atoms. The van der Waals surface area contributed by atoms with Crippen molar-refractivity contribution in [2.75, 3.05) is 13.2 Å². The Hall–Kier alpha value is -2.52. The average Bonchev–Trinajstić information content (AvgIpc) is 2.56. The molecule has 0 aromatic heterocycles. The molecule has 0 radical (unpaired) electrons. The molecule has 0 aliphatic rings. The molecule has 0 amide bonds. The Labute approximate surface area is 132 Å². The van der Waals surface area contributed by atoms with Gasteiger partial charge in [0.25, 0.3) is 0 Å². The Kier molecular flexibility index (Phi) is 5.81. The molecule has 0 aliphatic heterocycles. The number of terminal acetylenes is 2. The number of rotatable bonds is 6. The number of nitrogens with zero attached hydrogens (tertiary/aromatic N) is 1. The van der Waals surface area contributed by atoms with Crippen LogP contribution in [-0.4, -0.2) is 23.2 Å². The lowest BCUT2D eigenvalue weighted by Gasteiger charge is -2.21. The predicted octanol–water partition coefficient (Wildman–Crippen LogP) is 2.64. The second-order valence-electron chi connectivity index (χ2n) is 5.12. The van der Waals surface area contributed by atoms with Crippen LogP contribution >= 0.6 is 0 Å². The van der Waals surface area contributed by atoms with Crippen molar-refractivity contribution in [2.24, 2.45) is 0 Å². The van der Waals surface area contributed by atoms with Gasteiger partial charge >= 0.3 is 0 Å². The first kappa shape index (κ1) is 15.9. The predicted molar refractivity (Wildman–Crippen MR) is 90.0 cm³/mol. The molecule has 0 unspecified atom stereocenters. The molecule has 2 heteroatoms. The third-order valence-electron chi connectivity index (χ3n) is 3.47. The number of aliphatic hydroxyl groups is 1. The van der Waals surface area contributed by atoms with Gasteiger partial charge in [-0.05, 0) is 35.4 Å². The molecule has 2 aromatic carbocycles. The van der Waals surface area contributed by atoms with Gasteiger partial charge < -0.3 is 5.11 Å². The third kappa shape index (κ3) is 4.50. The van der Waals surface area contributed by atoms with Crippen LogP contribution in [0.5, 0.6) is 0 Å². The summed E-state index contributed by atoms with van der Waals surface area (Å²) in [7, 11) is 0. The van der Waals surface area contributed by atoms with Gasteiger partial charge in [-0.2, -0.15) is 0 Å². The zero-order valence-electron chi connectivity index (χ0n) is 12.5. The average molecular weight is 289 g/mol. The Bertz CT molecular complexity index is 612. The summed E-state index contributed by atoms with van der Waals surface area (Å²) in [5.41, 5.74) is 4.10. The molecule has 0 heterocycles. The van der Waals surface area contributed by atoms with Crippen molar-refractivity contribution in [1.29, 1.82) is 0 Å². The van der Waals surface area contributed by atoms with Crippen LogP contribution in [0.2, 0.25) is 0 Å². The number of hydrogen-bond donors (Lipinski definition) is 1. The molecule has 0 fully saturated rings. The second-order valence-corrected chi connectivity index (χ2v) is 5.12. The number of benzene rings is 2. The summed E-state index contributed by atoms with van der Waals surface area (Å²) in [6.07, 6.45) is 10.7. The van der Waals surface area contributed by atoms with Crippen LogP contribution in [-0.2, 0) is 13.1 Å². The number of hydrogen-bond acceptors (Lipinski definition) is 2. The fourth-order valence-electron chi connectivity index (χ4n) is 2.28. The van der Waals surface area contributed by atoms with E-state index in [1.807, 2.05) is 48.5 Å². The van der Waals surface area contributed by atoms with E-state index in [4.69, 9.17) is 12.8 Å². The van der Waals surface area contributed by atoms with E-state index in [1.54, 1.807) is 0 Å². The monoisotopic (exact) mass is 289 g/mol. The molecule has 0 saturated carbocycles. The normalized spacial score (nSPS) is 10.2. The van der Waals surface area contributed by atoms with Crippen LogP contribution in [0.4, 0.5) is 0 Å². The highest BCUT2D eigenvalue weighted by Gasteiger charge is 2.07. The van der Waals surface area contributed by atoms with E-state index in [0.29, 0.717) is 6.54 Å². The Morgan fingerprint density at radius 3 is 1.50 bits per heavy atom. The van der Waals surface area contributed by atoms with Crippen molar-refractivity contribution in [1.82, 2.24) is 4.90 Å². The molecule has 0 aliphatic carbocycles. The first-order chi connectivity index (χ1) is 10.7. The molecule has 0 spiro atoms. The molecule has 1 N–H and O–H groups in total. The highest BCUT2D eigenvalue weighted by Crippen LogP contribution is 2.11. The van der Waals surface area contributed by atoms with Crippen LogP contribution in [0.25, 0.3) is 0 Å². The third-order valence-corrected chi connectivity index (χ3v) is 3.47. The molecule has 0 atom stereocenters. The first-order valence-corrected chi connectivity index (χ1v) is 7.19. The lowest BCUT2D eigenvalue weighted by Crippen LogP contribution is -2.26. The molecular formula is C20H19NO. The van der Waals surface area contributed by atoms with Crippen molar-refractivity contribution in [2.45, 2.75) is 13.1 Å². The molecule has 2 aromatic rings. The van der Waals surface area contributed by atoms with Crippen molar-refractivity contribution in [3.63, 3.8) is 0 Å². The van der Waals surface area contributed by atoms with E-state index in [2.05, 4.69) is 16.7 Å². The Balaban J connectivity index is 2.05. The lowest BCUT2D eigenvalue weighted by molar-refractivity contribution is 0.184. The van der Waals surface area contributed by atoms with Gasteiger partial charge in [0.15, 0.2) is 0 Å². The molecule has 110 valence electrons. The first-order valence-electron chi connectivity index (χ1n) is 7.19. The van der Waals surface area contributed by atoms with Gasteiger partial charge in [-0.25, -0.2) is 0 Å². The Morgan fingerprint density at radius 1 is 0.773 bits per heavy atom. The van der Waals surface area contributed by atoms with Gasteiger partial charge in [-0.15, -0.1) is 12.8 Å². The van der Waals surface area contributed by atoms with Crippen molar-refractivity contribution in [3.8, 4) is 24.7 Å². The highest BCUT2D eigenvalue weighted by molar-refractivity contribution is 5.35. The van der Waals surface area contributed by atoms with Crippen molar-refractivity contribution < 1.29 is 5.11 Å². The second kappa shape index (κ2) is 8.05. The maximum absolute atomic E-state index is 9.26. The minimum absolute atomic E-state index is 0.130. The summed E-state index contributed by atoms with van der Waals surface area (Å²) in [5, 5.41) is 9.26. The summed E-state index contributed by atoms with van der Waals surface area (Å²) in [6.45, 7) is 2.28. The van der Waals surface area contributed by atoms with Crippen molar-refractivity contribution in [3.05, 3.63) is 70.8 Å². The van der Waals surface area contributed by atoms with Crippen LogP contribution in [0.15, 0.2) is 48.5 Å². The zero-order valence-corrected chi connectivity index (χ0v) is 12.5. The maximum atomic E-state index is 9.26. The highest BCUT2D eigenvalue weighted by atomic mass is 16.3.